The smallest absolute Gasteiger partial charge is 0.193 e. The molecule has 0 saturated heterocycles. The molecule has 15 heavy (non-hydrogen) atoms. The molecule has 2 rings (SSSR count). The maximum Gasteiger partial charge on any atom is 0.193 e. The Morgan fingerprint density at radius 1 is 1.47 bits per heavy atom. The highest BCUT2D eigenvalue weighted by Crippen LogP contribution is 2.12. The van der Waals surface area contributed by atoms with E-state index in [9.17, 15) is 0 Å². The Balaban J connectivity index is 1.80. The lowest BCUT2D eigenvalue weighted by molar-refractivity contribution is 0.484. The molecule has 5 heteroatoms. The molecule has 2 aromatic rings. The number of furan rings is 1. The van der Waals surface area contributed by atoms with Crippen molar-refractivity contribution >= 4 is 11.6 Å². The summed E-state index contributed by atoms with van der Waals surface area (Å²) < 4.78 is 6.99. The molecule has 0 aliphatic rings. The Bertz CT molecular complexity index is 395. The predicted octanol–water partition coefficient (Wildman–Crippen LogP) is 1.96. The Morgan fingerprint density at radius 3 is 2.93 bits per heavy atom. The van der Waals surface area contributed by atoms with Crippen LogP contribution in [0.5, 0.6) is 0 Å². The molecule has 2 aromatic heterocycles. The lowest BCUT2D eigenvalue weighted by atomic mass is 10.3. The summed E-state index contributed by atoms with van der Waals surface area (Å²) in [6.45, 7) is 1.44. The Labute approximate surface area is 92.8 Å². The van der Waals surface area contributed by atoms with Crippen LogP contribution in [0.15, 0.2) is 28.9 Å². The van der Waals surface area contributed by atoms with Crippen molar-refractivity contribution in [3.05, 3.63) is 41.1 Å². The summed E-state index contributed by atoms with van der Waals surface area (Å²) in [7, 11) is 1.90. The van der Waals surface area contributed by atoms with E-state index in [2.05, 4.69) is 10.4 Å². The lowest BCUT2D eigenvalue weighted by Gasteiger charge is -1.99. The highest BCUT2D eigenvalue weighted by atomic mass is 35.5. The summed E-state index contributed by atoms with van der Waals surface area (Å²) in [5, 5.41) is 7.74. The van der Waals surface area contributed by atoms with E-state index in [1.807, 2.05) is 25.5 Å². The first kappa shape index (κ1) is 10.3. The largest absolute Gasteiger partial charge is 0.448 e. The topological polar surface area (TPSA) is 43.0 Å². The average Bonchev–Trinajstić information content (AvgIpc) is 2.76. The summed E-state index contributed by atoms with van der Waals surface area (Å²) >= 11 is 5.65. The average molecular weight is 226 g/mol. The van der Waals surface area contributed by atoms with Crippen LogP contribution in [0.4, 0.5) is 0 Å². The van der Waals surface area contributed by atoms with Crippen molar-refractivity contribution in [2.45, 2.75) is 13.1 Å². The first-order valence-corrected chi connectivity index (χ1v) is 5.04. The number of halogens is 1. The van der Waals surface area contributed by atoms with Crippen LogP contribution in [0, 0.1) is 0 Å². The number of rotatable bonds is 4. The van der Waals surface area contributed by atoms with Crippen molar-refractivity contribution in [2.75, 3.05) is 0 Å². The minimum absolute atomic E-state index is 0.424. The Kier molecular flexibility index (Phi) is 3.08. The van der Waals surface area contributed by atoms with E-state index in [4.69, 9.17) is 16.0 Å². The van der Waals surface area contributed by atoms with Gasteiger partial charge in [0.15, 0.2) is 5.22 Å². The number of aromatic nitrogens is 2. The minimum atomic E-state index is 0.424. The standard InChI is InChI=1S/C10H12ClN3O/c1-14-7-8(5-13-14)4-12-6-9-2-3-10(11)15-9/h2-3,5,7,12H,4,6H2,1H3. The fourth-order valence-corrected chi connectivity index (χ4v) is 1.50. The van der Waals surface area contributed by atoms with Crippen LogP contribution in [-0.2, 0) is 20.1 Å². The highest BCUT2D eigenvalue weighted by Gasteiger charge is 2.00. The van der Waals surface area contributed by atoms with Crippen LogP contribution in [0.1, 0.15) is 11.3 Å². The molecule has 0 saturated carbocycles. The van der Waals surface area contributed by atoms with Gasteiger partial charge in [-0.1, -0.05) is 0 Å². The molecule has 0 atom stereocenters. The van der Waals surface area contributed by atoms with Crippen molar-refractivity contribution in [1.29, 1.82) is 0 Å². The SMILES string of the molecule is Cn1cc(CNCc2ccc(Cl)o2)cn1. The highest BCUT2D eigenvalue weighted by molar-refractivity contribution is 6.28. The van der Waals surface area contributed by atoms with Gasteiger partial charge in [-0.3, -0.25) is 4.68 Å². The summed E-state index contributed by atoms with van der Waals surface area (Å²) in [6.07, 6.45) is 3.81. The fourth-order valence-electron chi connectivity index (χ4n) is 1.34. The third-order valence-corrected chi connectivity index (χ3v) is 2.22. The molecule has 0 fully saturated rings. The van der Waals surface area contributed by atoms with E-state index in [0.717, 1.165) is 17.9 Å². The van der Waals surface area contributed by atoms with Crippen molar-refractivity contribution < 1.29 is 4.42 Å². The van der Waals surface area contributed by atoms with Crippen LogP contribution in [0.3, 0.4) is 0 Å². The Morgan fingerprint density at radius 2 is 2.33 bits per heavy atom. The normalized spacial score (nSPS) is 10.8. The maximum absolute atomic E-state index is 5.65. The zero-order valence-electron chi connectivity index (χ0n) is 8.40. The second-order valence-corrected chi connectivity index (χ2v) is 3.70. The summed E-state index contributed by atoms with van der Waals surface area (Å²) in [5.74, 6) is 0.837. The van der Waals surface area contributed by atoms with Crippen molar-refractivity contribution in [2.24, 2.45) is 7.05 Å². The molecule has 80 valence electrons. The van der Waals surface area contributed by atoms with Crippen LogP contribution in [0.2, 0.25) is 5.22 Å². The van der Waals surface area contributed by atoms with Gasteiger partial charge in [0.2, 0.25) is 0 Å². The summed E-state index contributed by atoms with van der Waals surface area (Å²) in [4.78, 5) is 0. The van der Waals surface area contributed by atoms with Gasteiger partial charge in [0, 0.05) is 25.4 Å². The van der Waals surface area contributed by atoms with Crippen molar-refractivity contribution in [3.8, 4) is 0 Å². The zero-order valence-corrected chi connectivity index (χ0v) is 9.16. The molecule has 0 spiro atoms. The molecular weight excluding hydrogens is 214 g/mol. The quantitative estimate of drug-likeness (QED) is 0.865. The van der Waals surface area contributed by atoms with Gasteiger partial charge in [-0.2, -0.15) is 5.10 Å². The number of nitrogens with zero attached hydrogens (tertiary/aromatic N) is 2. The molecule has 1 N–H and O–H groups in total. The van der Waals surface area contributed by atoms with Crippen LogP contribution >= 0.6 is 11.6 Å². The fraction of sp³-hybridized carbons (Fsp3) is 0.300. The molecule has 0 bridgehead atoms. The first-order valence-electron chi connectivity index (χ1n) is 4.66. The number of hydrogen-bond donors (Lipinski definition) is 1. The van der Waals surface area contributed by atoms with Gasteiger partial charge in [0.25, 0.3) is 0 Å². The van der Waals surface area contributed by atoms with Gasteiger partial charge in [0.05, 0.1) is 12.7 Å². The van der Waals surface area contributed by atoms with Gasteiger partial charge in [-0.05, 0) is 23.7 Å². The van der Waals surface area contributed by atoms with Crippen LogP contribution in [-0.4, -0.2) is 9.78 Å². The third-order valence-electron chi connectivity index (χ3n) is 2.02. The molecule has 0 aliphatic heterocycles. The molecule has 2 heterocycles. The van der Waals surface area contributed by atoms with Gasteiger partial charge < -0.3 is 9.73 Å². The van der Waals surface area contributed by atoms with Crippen molar-refractivity contribution in [3.63, 3.8) is 0 Å². The monoisotopic (exact) mass is 225 g/mol. The summed E-state index contributed by atoms with van der Waals surface area (Å²) in [5.41, 5.74) is 1.15. The van der Waals surface area contributed by atoms with Gasteiger partial charge in [0.1, 0.15) is 5.76 Å². The van der Waals surface area contributed by atoms with E-state index < -0.39 is 0 Å². The van der Waals surface area contributed by atoms with E-state index in [1.54, 1.807) is 10.7 Å². The molecule has 0 radical (unpaired) electrons. The molecule has 0 aliphatic carbocycles. The van der Waals surface area contributed by atoms with Gasteiger partial charge >= 0.3 is 0 Å². The molecular formula is C10H12ClN3O. The second kappa shape index (κ2) is 4.51. The van der Waals surface area contributed by atoms with E-state index in [-0.39, 0.29) is 0 Å². The van der Waals surface area contributed by atoms with Gasteiger partial charge in [-0.15, -0.1) is 0 Å². The van der Waals surface area contributed by atoms with Crippen LogP contribution in [0.25, 0.3) is 0 Å². The van der Waals surface area contributed by atoms with E-state index >= 15 is 0 Å². The maximum atomic E-state index is 5.65. The first-order chi connectivity index (χ1) is 7.24. The molecule has 0 unspecified atom stereocenters. The number of hydrogen-bond acceptors (Lipinski definition) is 3. The van der Waals surface area contributed by atoms with E-state index in [1.165, 1.54) is 0 Å². The number of aryl methyl sites for hydroxylation is 1. The number of nitrogens with one attached hydrogen (secondary N) is 1. The molecule has 0 aromatic carbocycles. The Hall–Kier alpha value is -1.26. The third kappa shape index (κ3) is 2.84. The van der Waals surface area contributed by atoms with E-state index in [0.29, 0.717) is 11.8 Å². The van der Waals surface area contributed by atoms with Crippen molar-refractivity contribution in [1.82, 2.24) is 15.1 Å². The summed E-state index contributed by atoms with van der Waals surface area (Å²) in [6, 6.07) is 3.60. The molecule has 0 amide bonds. The van der Waals surface area contributed by atoms with Gasteiger partial charge in [-0.25, -0.2) is 0 Å². The lowest BCUT2D eigenvalue weighted by Crippen LogP contribution is -2.11. The van der Waals surface area contributed by atoms with Crippen LogP contribution < -0.4 is 5.32 Å². The predicted molar refractivity (Wildman–Crippen MR) is 57.5 cm³/mol. The zero-order chi connectivity index (χ0) is 10.7. The second-order valence-electron chi connectivity index (χ2n) is 3.33. The minimum Gasteiger partial charge on any atom is -0.448 e. The molecule has 4 nitrogen and oxygen atoms in total.